The Hall–Kier alpha value is -0.0800. The van der Waals surface area contributed by atoms with Crippen LogP contribution in [0.3, 0.4) is 0 Å². The zero-order chi connectivity index (χ0) is 11.8. The van der Waals surface area contributed by atoms with Gasteiger partial charge in [-0.15, -0.1) is 0 Å². The maximum Gasteiger partial charge on any atom is 0.0445 e. The fourth-order valence-electron chi connectivity index (χ4n) is 2.42. The lowest BCUT2D eigenvalue weighted by Gasteiger charge is -2.22. The standard InChI is InChI=1S/C14H29NO/c1-3-4-5-6-7-12(2)15-14(10-11-16)13-8-9-13/h12-16H,3-11H2,1-2H3. The highest BCUT2D eigenvalue weighted by atomic mass is 16.3. The first-order chi connectivity index (χ1) is 7.77. The fraction of sp³-hybridized carbons (Fsp3) is 1.00. The number of aliphatic hydroxyl groups excluding tert-OH is 1. The molecule has 2 N–H and O–H groups in total. The van der Waals surface area contributed by atoms with Crippen LogP contribution in [0.25, 0.3) is 0 Å². The third-order valence-electron chi connectivity index (χ3n) is 3.62. The Morgan fingerprint density at radius 2 is 1.94 bits per heavy atom. The van der Waals surface area contributed by atoms with Crippen LogP contribution in [-0.2, 0) is 0 Å². The summed E-state index contributed by atoms with van der Waals surface area (Å²) in [7, 11) is 0. The van der Waals surface area contributed by atoms with Gasteiger partial charge in [0.15, 0.2) is 0 Å². The van der Waals surface area contributed by atoms with Crippen molar-refractivity contribution in [3.63, 3.8) is 0 Å². The molecule has 0 amide bonds. The molecular weight excluding hydrogens is 198 g/mol. The number of hydrogen-bond acceptors (Lipinski definition) is 2. The molecule has 1 rings (SSSR count). The molecule has 1 aliphatic carbocycles. The first-order valence-corrected chi connectivity index (χ1v) is 7.14. The molecule has 96 valence electrons. The Morgan fingerprint density at radius 3 is 2.50 bits per heavy atom. The molecule has 2 heteroatoms. The predicted molar refractivity (Wildman–Crippen MR) is 69.6 cm³/mol. The molecule has 0 spiro atoms. The van der Waals surface area contributed by atoms with E-state index in [0.29, 0.717) is 18.7 Å². The first-order valence-electron chi connectivity index (χ1n) is 7.14. The molecule has 0 heterocycles. The lowest BCUT2D eigenvalue weighted by atomic mass is 10.0. The van der Waals surface area contributed by atoms with E-state index in [1.807, 2.05) is 0 Å². The monoisotopic (exact) mass is 227 g/mol. The van der Waals surface area contributed by atoms with Crippen LogP contribution < -0.4 is 5.32 Å². The van der Waals surface area contributed by atoms with Gasteiger partial charge in [0, 0.05) is 18.7 Å². The summed E-state index contributed by atoms with van der Waals surface area (Å²) in [5.41, 5.74) is 0. The Morgan fingerprint density at radius 1 is 1.19 bits per heavy atom. The summed E-state index contributed by atoms with van der Waals surface area (Å²) >= 11 is 0. The number of hydrogen-bond donors (Lipinski definition) is 2. The van der Waals surface area contributed by atoms with Gasteiger partial charge in [0.25, 0.3) is 0 Å². The second-order valence-electron chi connectivity index (χ2n) is 5.37. The number of unbranched alkanes of at least 4 members (excludes halogenated alkanes) is 3. The normalized spacial score (nSPS) is 19.7. The van der Waals surface area contributed by atoms with Gasteiger partial charge in [0.1, 0.15) is 0 Å². The minimum Gasteiger partial charge on any atom is -0.396 e. The summed E-state index contributed by atoms with van der Waals surface area (Å²) in [6.07, 6.45) is 10.3. The molecule has 16 heavy (non-hydrogen) atoms. The van der Waals surface area contributed by atoms with Crippen molar-refractivity contribution in [2.45, 2.75) is 77.3 Å². The number of rotatable bonds is 10. The van der Waals surface area contributed by atoms with Crippen molar-refractivity contribution < 1.29 is 5.11 Å². The number of aliphatic hydroxyl groups is 1. The van der Waals surface area contributed by atoms with E-state index in [1.54, 1.807) is 0 Å². The second-order valence-corrected chi connectivity index (χ2v) is 5.37. The molecule has 0 aliphatic heterocycles. The predicted octanol–water partition coefficient (Wildman–Crippen LogP) is 3.10. The van der Waals surface area contributed by atoms with E-state index in [2.05, 4.69) is 19.2 Å². The zero-order valence-corrected chi connectivity index (χ0v) is 11.0. The summed E-state index contributed by atoms with van der Waals surface area (Å²) in [6, 6.07) is 1.19. The van der Waals surface area contributed by atoms with Crippen molar-refractivity contribution in [1.82, 2.24) is 5.32 Å². The zero-order valence-electron chi connectivity index (χ0n) is 11.0. The molecule has 1 fully saturated rings. The molecule has 1 saturated carbocycles. The minimum atomic E-state index is 0.330. The Kier molecular flexibility index (Phi) is 7.06. The van der Waals surface area contributed by atoms with Crippen LogP contribution in [0.4, 0.5) is 0 Å². The van der Waals surface area contributed by atoms with E-state index in [4.69, 9.17) is 5.11 Å². The van der Waals surface area contributed by atoms with Gasteiger partial charge < -0.3 is 10.4 Å². The van der Waals surface area contributed by atoms with Crippen molar-refractivity contribution in [3.05, 3.63) is 0 Å². The Bertz CT molecular complexity index is 168. The average Bonchev–Trinajstić information content (AvgIpc) is 3.07. The summed E-state index contributed by atoms with van der Waals surface area (Å²) in [4.78, 5) is 0. The van der Waals surface area contributed by atoms with Crippen LogP contribution in [-0.4, -0.2) is 23.8 Å². The smallest absolute Gasteiger partial charge is 0.0445 e. The summed E-state index contributed by atoms with van der Waals surface area (Å²) in [6.45, 7) is 4.88. The van der Waals surface area contributed by atoms with Crippen molar-refractivity contribution in [1.29, 1.82) is 0 Å². The summed E-state index contributed by atoms with van der Waals surface area (Å²) in [5.74, 6) is 0.852. The van der Waals surface area contributed by atoms with E-state index in [1.165, 1.54) is 44.9 Å². The van der Waals surface area contributed by atoms with Crippen LogP contribution in [0, 0.1) is 5.92 Å². The van der Waals surface area contributed by atoms with Gasteiger partial charge in [-0.3, -0.25) is 0 Å². The van der Waals surface area contributed by atoms with Crippen molar-refractivity contribution in [2.24, 2.45) is 5.92 Å². The molecule has 0 aromatic rings. The molecule has 0 aromatic carbocycles. The molecule has 0 saturated heterocycles. The lowest BCUT2D eigenvalue weighted by molar-refractivity contribution is 0.247. The average molecular weight is 227 g/mol. The van der Waals surface area contributed by atoms with Crippen LogP contribution in [0.15, 0.2) is 0 Å². The minimum absolute atomic E-state index is 0.330. The van der Waals surface area contributed by atoms with Gasteiger partial charge in [-0.2, -0.15) is 0 Å². The molecule has 2 unspecified atom stereocenters. The molecule has 0 aromatic heterocycles. The van der Waals surface area contributed by atoms with Gasteiger partial charge in [-0.25, -0.2) is 0 Å². The third-order valence-corrected chi connectivity index (χ3v) is 3.62. The summed E-state index contributed by atoms with van der Waals surface area (Å²) < 4.78 is 0. The van der Waals surface area contributed by atoms with Crippen molar-refractivity contribution in [3.8, 4) is 0 Å². The van der Waals surface area contributed by atoms with Crippen LogP contribution >= 0.6 is 0 Å². The van der Waals surface area contributed by atoms with Crippen LogP contribution in [0.2, 0.25) is 0 Å². The van der Waals surface area contributed by atoms with Crippen molar-refractivity contribution in [2.75, 3.05) is 6.61 Å². The van der Waals surface area contributed by atoms with Gasteiger partial charge in [-0.1, -0.05) is 32.6 Å². The highest BCUT2D eigenvalue weighted by Crippen LogP contribution is 2.34. The first kappa shape index (κ1) is 14.0. The van der Waals surface area contributed by atoms with E-state index in [9.17, 15) is 0 Å². The van der Waals surface area contributed by atoms with E-state index in [0.717, 1.165) is 12.3 Å². The second kappa shape index (κ2) is 8.08. The van der Waals surface area contributed by atoms with Crippen LogP contribution in [0.1, 0.15) is 65.2 Å². The maximum atomic E-state index is 9.03. The SMILES string of the molecule is CCCCCCC(C)NC(CCO)C1CC1. The van der Waals surface area contributed by atoms with E-state index >= 15 is 0 Å². The van der Waals surface area contributed by atoms with E-state index in [-0.39, 0.29) is 0 Å². The maximum absolute atomic E-state index is 9.03. The topological polar surface area (TPSA) is 32.3 Å². The van der Waals surface area contributed by atoms with Crippen LogP contribution in [0.5, 0.6) is 0 Å². The molecule has 1 aliphatic rings. The molecular formula is C14H29NO. The highest BCUT2D eigenvalue weighted by Gasteiger charge is 2.31. The molecule has 0 radical (unpaired) electrons. The van der Waals surface area contributed by atoms with Gasteiger partial charge in [0.2, 0.25) is 0 Å². The van der Waals surface area contributed by atoms with Gasteiger partial charge in [-0.05, 0) is 38.5 Å². The third kappa shape index (κ3) is 5.86. The molecule has 0 bridgehead atoms. The Labute approximate surface area is 101 Å². The molecule has 2 atom stereocenters. The highest BCUT2D eigenvalue weighted by molar-refractivity contribution is 4.87. The van der Waals surface area contributed by atoms with E-state index < -0.39 is 0 Å². The summed E-state index contributed by atoms with van der Waals surface area (Å²) in [5, 5.41) is 12.7. The van der Waals surface area contributed by atoms with Crippen molar-refractivity contribution >= 4 is 0 Å². The fourth-order valence-corrected chi connectivity index (χ4v) is 2.42. The lowest BCUT2D eigenvalue weighted by Crippen LogP contribution is -2.38. The Balaban J connectivity index is 2.07. The number of nitrogens with one attached hydrogen (secondary N) is 1. The van der Waals surface area contributed by atoms with Gasteiger partial charge >= 0.3 is 0 Å². The molecule has 2 nitrogen and oxygen atoms in total. The van der Waals surface area contributed by atoms with Gasteiger partial charge in [0.05, 0.1) is 0 Å². The quantitative estimate of drug-likeness (QED) is 0.562. The largest absolute Gasteiger partial charge is 0.396 e.